The van der Waals surface area contributed by atoms with E-state index < -0.39 is 0 Å². The minimum Gasteiger partial charge on any atom is -0.307 e. The van der Waals surface area contributed by atoms with Gasteiger partial charge in [0.2, 0.25) is 0 Å². The summed E-state index contributed by atoms with van der Waals surface area (Å²) in [4.78, 5) is 0. The molecule has 1 aliphatic rings. The Bertz CT molecular complexity index is 365. The van der Waals surface area contributed by atoms with E-state index in [1.807, 2.05) is 0 Å². The van der Waals surface area contributed by atoms with Gasteiger partial charge in [0.05, 0.1) is 0 Å². The molecule has 0 aromatic heterocycles. The first-order valence-electron chi connectivity index (χ1n) is 8.17. The predicted molar refractivity (Wildman–Crippen MR) is 91.4 cm³/mol. The van der Waals surface area contributed by atoms with Crippen molar-refractivity contribution in [3.05, 3.63) is 35.9 Å². The van der Waals surface area contributed by atoms with E-state index in [0.29, 0.717) is 12.1 Å². The molecule has 1 N–H and O–H groups in total. The van der Waals surface area contributed by atoms with Crippen molar-refractivity contribution in [2.24, 2.45) is 0 Å². The quantitative estimate of drug-likeness (QED) is 0.742. The molecule has 2 heteroatoms. The summed E-state index contributed by atoms with van der Waals surface area (Å²) in [5.74, 6) is 0. The normalized spacial score (nSPS) is 24.5. The van der Waals surface area contributed by atoms with Crippen molar-refractivity contribution >= 4 is 11.8 Å². The number of hydrogen-bond acceptors (Lipinski definition) is 2. The van der Waals surface area contributed by atoms with Crippen LogP contribution in [0.3, 0.4) is 0 Å². The average molecular weight is 292 g/mol. The molecule has 0 spiro atoms. The lowest BCUT2D eigenvalue weighted by molar-refractivity contribution is 0.332. The fourth-order valence-corrected chi connectivity index (χ4v) is 4.06. The lowest BCUT2D eigenvalue weighted by atomic mass is 9.92. The van der Waals surface area contributed by atoms with E-state index in [4.69, 9.17) is 0 Å². The summed E-state index contributed by atoms with van der Waals surface area (Å²) >= 11 is 2.05. The maximum atomic E-state index is 3.96. The molecule has 0 bridgehead atoms. The van der Waals surface area contributed by atoms with Gasteiger partial charge in [0.1, 0.15) is 0 Å². The minimum absolute atomic E-state index is 0.543. The molecule has 112 valence electrons. The average Bonchev–Trinajstić information content (AvgIpc) is 2.52. The Hall–Kier alpha value is -0.470. The highest BCUT2D eigenvalue weighted by Crippen LogP contribution is 2.29. The van der Waals surface area contributed by atoms with Crippen molar-refractivity contribution in [1.29, 1.82) is 0 Å². The molecule has 1 aliphatic carbocycles. The van der Waals surface area contributed by atoms with Crippen molar-refractivity contribution in [3.8, 4) is 0 Å². The lowest BCUT2D eigenvalue weighted by Crippen LogP contribution is -2.37. The van der Waals surface area contributed by atoms with E-state index >= 15 is 0 Å². The van der Waals surface area contributed by atoms with Crippen LogP contribution >= 0.6 is 11.8 Å². The van der Waals surface area contributed by atoms with Crippen LogP contribution in [0.15, 0.2) is 30.3 Å². The van der Waals surface area contributed by atoms with Crippen LogP contribution < -0.4 is 5.32 Å². The monoisotopic (exact) mass is 291 g/mol. The first-order valence-corrected chi connectivity index (χ1v) is 9.46. The summed E-state index contributed by atoms with van der Waals surface area (Å²) in [6, 6.07) is 12.3. The molecule has 0 aliphatic heterocycles. The van der Waals surface area contributed by atoms with Gasteiger partial charge in [0.15, 0.2) is 0 Å². The minimum atomic E-state index is 0.543. The largest absolute Gasteiger partial charge is 0.307 e. The Morgan fingerprint density at radius 2 is 2.05 bits per heavy atom. The van der Waals surface area contributed by atoms with Crippen LogP contribution in [0.5, 0.6) is 0 Å². The third kappa shape index (κ3) is 4.82. The Morgan fingerprint density at radius 3 is 2.75 bits per heavy atom. The zero-order valence-corrected chi connectivity index (χ0v) is 13.8. The van der Waals surface area contributed by atoms with Crippen molar-refractivity contribution < 1.29 is 0 Å². The van der Waals surface area contributed by atoms with E-state index in [1.165, 1.54) is 50.5 Å². The van der Waals surface area contributed by atoms with Gasteiger partial charge < -0.3 is 5.32 Å². The second kappa shape index (κ2) is 8.74. The van der Waals surface area contributed by atoms with Crippen LogP contribution in [-0.4, -0.2) is 17.5 Å². The molecule has 0 amide bonds. The SMILES string of the molecule is CCCCC(NC1CCCC(SC)C1)c1ccccc1. The Morgan fingerprint density at radius 1 is 1.25 bits per heavy atom. The molecule has 1 saturated carbocycles. The number of nitrogens with one attached hydrogen (secondary N) is 1. The highest BCUT2D eigenvalue weighted by Gasteiger charge is 2.23. The summed E-state index contributed by atoms with van der Waals surface area (Å²) in [5.41, 5.74) is 1.47. The van der Waals surface area contributed by atoms with Gasteiger partial charge in [0.25, 0.3) is 0 Å². The molecule has 0 radical (unpaired) electrons. The molecule has 1 fully saturated rings. The summed E-state index contributed by atoms with van der Waals surface area (Å²) in [6.07, 6.45) is 11.6. The molecule has 2 rings (SSSR count). The van der Waals surface area contributed by atoms with Gasteiger partial charge in [-0.05, 0) is 37.5 Å². The third-order valence-corrected chi connectivity index (χ3v) is 5.54. The molecule has 0 heterocycles. The molecular weight excluding hydrogens is 262 g/mol. The molecule has 1 aromatic rings. The van der Waals surface area contributed by atoms with Crippen molar-refractivity contribution in [2.75, 3.05) is 6.26 Å². The van der Waals surface area contributed by atoms with E-state index in [-0.39, 0.29) is 0 Å². The molecule has 0 saturated heterocycles. The third-order valence-electron chi connectivity index (χ3n) is 4.44. The van der Waals surface area contributed by atoms with E-state index in [1.54, 1.807) is 0 Å². The Labute approximate surface area is 128 Å². The molecule has 1 nitrogen and oxygen atoms in total. The van der Waals surface area contributed by atoms with Crippen LogP contribution in [0, 0.1) is 0 Å². The number of rotatable bonds is 7. The molecule has 1 aromatic carbocycles. The summed E-state index contributed by atoms with van der Waals surface area (Å²) < 4.78 is 0. The van der Waals surface area contributed by atoms with Crippen molar-refractivity contribution in [3.63, 3.8) is 0 Å². The summed E-state index contributed by atoms with van der Waals surface area (Å²) in [5, 5.41) is 4.82. The number of hydrogen-bond donors (Lipinski definition) is 1. The molecule has 20 heavy (non-hydrogen) atoms. The van der Waals surface area contributed by atoms with E-state index in [0.717, 1.165) is 5.25 Å². The van der Waals surface area contributed by atoms with Gasteiger partial charge >= 0.3 is 0 Å². The molecule has 3 unspecified atom stereocenters. The smallest absolute Gasteiger partial charge is 0.0322 e. The van der Waals surface area contributed by atoms with E-state index in [2.05, 4.69) is 60.6 Å². The fourth-order valence-electron chi connectivity index (χ4n) is 3.23. The number of unbranched alkanes of at least 4 members (excludes halogenated alkanes) is 1. The van der Waals surface area contributed by atoms with Crippen molar-refractivity contribution in [1.82, 2.24) is 5.32 Å². The van der Waals surface area contributed by atoms with Gasteiger partial charge in [0, 0.05) is 17.3 Å². The first kappa shape index (κ1) is 15.9. The maximum Gasteiger partial charge on any atom is 0.0322 e. The predicted octanol–water partition coefficient (Wildman–Crippen LogP) is 5.18. The van der Waals surface area contributed by atoms with Crippen LogP contribution in [0.1, 0.15) is 63.5 Å². The van der Waals surface area contributed by atoms with Gasteiger partial charge in [-0.1, -0.05) is 56.5 Å². The van der Waals surface area contributed by atoms with Crippen LogP contribution in [-0.2, 0) is 0 Å². The first-order chi connectivity index (χ1) is 9.83. The highest BCUT2D eigenvalue weighted by molar-refractivity contribution is 7.99. The number of benzene rings is 1. The number of thioether (sulfide) groups is 1. The second-order valence-electron chi connectivity index (χ2n) is 5.99. The maximum absolute atomic E-state index is 3.96. The fraction of sp³-hybridized carbons (Fsp3) is 0.667. The van der Waals surface area contributed by atoms with Crippen molar-refractivity contribution in [2.45, 2.75) is 69.2 Å². The van der Waals surface area contributed by atoms with Crippen LogP contribution in [0.4, 0.5) is 0 Å². The lowest BCUT2D eigenvalue weighted by Gasteiger charge is -2.32. The van der Waals surface area contributed by atoms with Gasteiger partial charge in [-0.25, -0.2) is 0 Å². The van der Waals surface area contributed by atoms with Crippen LogP contribution in [0.2, 0.25) is 0 Å². The topological polar surface area (TPSA) is 12.0 Å². The zero-order valence-electron chi connectivity index (χ0n) is 13.0. The highest BCUT2D eigenvalue weighted by atomic mass is 32.2. The van der Waals surface area contributed by atoms with E-state index in [9.17, 15) is 0 Å². The standard InChI is InChI=1S/C18H29NS/c1-3-4-13-18(15-9-6-5-7-10-15)19-16-11-8-12-17(14-16)20-2/h5-7,9-10,16-19H,3-4,8,11-14H2,1-2H3. The second-order valence-corrected chi connectivity index (χ2v) is 7.13. The Balaban J connectivity index is 1.96. The van der Waals surface area contributed by atoms with Gasteiger partial charge in [-0.15, -0.1) is 0 Å². The van der Waals surface area contributed by atoms with Crippen LogP contribution in [0.25, 0.3) is 0 Å². The summed E-state index contributed by atoms with van der Waals surface area (Å²) in [6.45, 7) is 2.28. The molecule has 3 atom stereocenters. The Kier molecular flexibility index (Phi) is 6.95. The van der Waals surface area contributed by atoms with Gasteiger partial charge in [-0.3, -0.25) is 0 Å². The molecular formula is C18H29NS. The van der Waals surface area contributed by atoms with Gasteiger partial charge in [-0.2, -0.15) is 11.8 Å². The zero-order chi connectivity index (χ0) is 14.2. The summed E-state index contributed by atoms with van der Waals surface area (Å²) in [7, 11) is 0.